The maximum atomic E-state index is 5.93. The number of rotatable bonds is 12. The van der Waals surface area contributed by atoms with Gasteiger partial charge >= 0.3 is 0 Å². The minimum Gasteiger partial charge on any atom is -0.374 e. The highest BCUT2D eigenvalue weighted by Gasteiger charge is 2.25. The van der Waals surface area contributed by atoms with Gasteiger partial charge in [0.25, 0.3) is 0 Å². The second-order valence-corrected chi connectivity index (χ2v) is 25.0. The molecule has 0 unspecified atom stereocenters. The van der Waals surface area contributed by atoms with Gasteiger partial charge in [-0.25, -0.2) is 10.0 Å². The van der Waals surface area contributed by atoms with E-state index >= 15 is 0 Å². The third-order valence-corrected chi connectivity index (χ3v) is 15.3. The fourth-order valence-corrected chi connectivity index (χ4v) is 10.2. The summed E-state index contributed by atoms with van der Waals surface area (Å²) in [6.45, 7) is 25.9. The predicted octanol–water partition coefficient (Wildman–Crippen LogP) is 19.3. The molecule has 0 saturated heterocycles. The molecule has 4 heteroatoms. The molecule has 0 aliphatic heterocycles. The molecular weight excluding hydrogens is 869 g/mol. The van der Waals surface area contributed by atoms with Crippen molar-refractivity contribution in [2.45, 2.75) is 80.3 Å². The Kier molecular flexibility index (Phi) is 15.5. The number of nitrogens with zero attached hydrogens (tertiary/aromatic N) is 1. The highest BCUT2D eigenvalue weighted by atomic mass is 32.3. The Balaban J connectivity index is 0.000000586. The van der Waals surface area contributed by atoms with Crippen LogP contribution in [0, 0.1) is 27.7 Å². The minimum absolute atomic E-state index is 0.0282. The molecule has 1 N–H and O–H groups in total. The molecule has 0 fully saturated rings. The van der Waals surface area contributed by atoms with Crippen LogP contribution in [0.15, 0.2) is 187 Å². The highest BCUT2D eigenvalue weighted by Crippen LogP contribution is 2.48. The van der Waals surface area contributed by atoms with Crippen LogP contribution in [-0.2, 0) is 15.8 Å². The lowest BCUT2D eigenvalue weighted by Gasteiger charge is -2.31. The van der Waals surface area contributed by atoms with Gasteiger partial charge in [-0.3, -0.25) is 0 Å². The zero-order valence-corrected chi connectivity index (χ0v) is 45.0. The van der Waals surface area contributed by atoms with Gasteiger partial charge in [-0.1, -0.05) is 173 Å². The van der Waals surface area contributed by atoms with E-state index in [1.165, 1.54) is 76.5 Å². The van der Waals surface area contributed by atoms with Crippen molar-refractivity contribution < 1.29 is 4.74 Å². The van der Waals surface area contributed by atoms with E-state index in [-0.39, 0.29) is 5.41 Å². The Labute approximate surface area is 422 Å². The molecule has 0 spiro atoms. The lowest BCUT2D eigenvalue weighted by atomic mass is 9.83. The molecule has 360 valence electrons. The van der Waals surface area contributed by atoms with Gasteiger partial charge in [0, 0.05) is 35.2 Å². The molecule has 8 rings (SSSR count). The standard InChI is InChI=1S/C56H56N2O.C10H18S/c1-36-21-23-42(40-17-13-11-14-18-40)33-49(36)57-50-35-52(48-30-25-44-32-46(55(5,6)7)31-38(3)53(44)54(48)39(50)4)58(47-28-26-45(27-29-47)56(8,9)59-10)51-34-43(24-22-37(51)2)41-19-15-12-16-20-41;1-6-8-10(9-7-2)11(3,4)5/h11-35,57H,1-10H3;6-9H,1H2,2-5H3/b;9-7-,10-8+. The average molecular weight is 943 g/mol. The van der Waals surface area contributed by atoms with E-state index in [2.05, 4.69) is 268 Å². The Morgan fingerprint density at radius 3 is 1.74 bits per heavy atom. The number of allylic oxidation sites excluding steroid dienone is 4. The SMILES string of the molecule is C=C/C=C(\C=C/C)S(C)(C)C.COC(C)(C)c1ccc(N(c2cc(-c3ccccc3)ccc2C)c2cc(Nc3cc(-c4ccccc4)ccc3C)c(C)c3c2ccc2cc(C(C)(C)C)cc(C)c23)cc1. The van der Waals surface area contributed by atoms with Crippen LogP contribution >= 0.6 is 10.0 Å². The van der Waals surface area contributed by atoms with Crippen LogP contribution in [0.4, 0.5) is 28.4 Å². The first-order chi connectivity index (χ1) is 33.2. The van der Waals surface area contributed by atoms with Gasteiger partial charge in [0.15, 0.2) is 0 Å². The highest BCUT2D eigenvalue weighted by molar-refractivity contribution is 8.35. The van der Waals surface area contributed by atoms with Crippen LogP contribution < -0.4 is 10.2 Å². The molecule has 0 aromatic heterocycles. The van der Waals surface area contributed by atoms with Crippen molar-refractivity contribution in [1.29, 1.82) is 0 Å². The Morgan fingerprint density at radius 2 is 1.19 bits per heavy atom. The molecule has 8 aromatic rings. The summed E-state index contributed by atoms with van der Waals surface area (Å²) in [5.74, 6) is 0. The van der Waals surface area contributed by atoms with Crippen molar-refractivity contribution in [3.63, 3.8) is 0 Å². The molecule has 0 saturated carbocycles. The molecule has 0 radical (unpaired) electrons. The summed E-state index contributed by atoms with van der Waals surface area (Å²) < 4.78 is 5.93. The minimum atomic E-state index is -0.586. The average Bonchev–Trinajstić information content (AvgIpc) is 3.34. The lowest BCUT2D eigenvalue weighted by molar-refractivity contribution is 0.0192. The quantitative estimate of drug-likeness (QED) is 0.0976. The molecule has 0 aliphatic carbocycles. The van der Waals surface area contributed by atoms with Crippen molar-refractivity contribution in [2.75, 3.05) is 36.1 Å². The van der Waals surface area contributed by atoms with E-state index in [0.29, 0.717) is 0 Å². The van der Waals surface area contributed by atoms with Crippen LogP contribution in [0.5, 0.6) is 0 Å². The van der Waals surface area contributed by atoms with Crippen molar-refractivity contribution in [2.24, 2.45) is 0 Å². The first kappa shape index (κ1) is 51.3. The third-order valence-electron chi connectivity index (χ3n) is 13.6. The van der Waals surface area contributed by atoms with E-state index in [1.807, 2.05) is 13.0 Å². The second-order valence-electron chi connectivity index (χ2n) is 20.8. The molecule has 0 heterocycles. The number of fused-ring (bicyclic) bond motifs is 3. The van der Waals surface area contributed by atoms with Crippen molar-refractivity contribution >= 4 is 60.0 Å². The number of methoxy groups -OCH3 is 1. The zero-order chi connectivity index (χ0) is 50.5. The molecule has 70 heavy (non-hydrogen) atoms. The first-order valence-corrected chi connectivity index (χ1v) is 27.3. The van der Waals surface area contributed by atoms with Crippen LogP contribution in [0.3, 0.4) is 0 Å². The van der Waals surface area contributed by atoms with Crippen LogP contribution in [-0.4, -0.2) is 25.9 Å². The van der Waals surface area contributed by atoms with Crippen molar-refractivity contribution in [1.82, 2.24) is 0 Å². The van der Waals surface area contributed by atoms with Crippen LogP contribution in [0.1, 0.15) is 74.9 Å². The first-order valence-electron chi connectivity index (χ1n) is 24.5. The summed E-state index contributed by atoms with van der Waals surface area (Å²) in [6, 6.07) is 55.7. The maximum Gasteiger partial charge on any atom is 0.0871 e. The summed E-state index contributed by atoms with van der Waals surface area (Å²) in [7, 11) is 1.19. The van der Waals surface area contributed by atoms with Crippen molar-refractivity contribution in [3.05, 3.63) is 221 Å². The van der Waals surface area contributed by atoms with E-state index in [0.717, 1.165) is 34.0 Å². The summed E-state index contributed by atoms with van der Waals surface area (Å²) in [6.07, 6.45) is 15.0. The lowest BCUT2D eigenvalue weighted by Crippen LogP contribution is -2.19. The molecule has 3 nitrogen and oxygen atoms in total. The van der Waals surface area contributed by atoms with E-state index in [9.17, 15) is 0 Å². The number of hydrogen-bond acceptors (Lipinski definition) is 3. The smallest absolute Gasteiger partial charge is 0.0871 e. The monoisotopic (exact) mass is 943 g/mol. The van der Waals surface area contributed by atoms with Gasteiger partial charge in [-0.2, -0.15) is 0 Å². The number of anilines is 5. The molecule has 0 aliphatic rings. The molecule has 0 atom stereocenters. The number of aryl methyl sites for hydroxylation is 4. The number of benzene rings is 8. The third kappa shape index (κ3) is 11.2. The topological polar surface area (TPSA) is 24.5 Å². The molecular formula is C66H74N2OS. The van der Waals surface area contributed by atoms with Crippen LogP contribution in [0.25, 0.3) is 43.8 Å². The number of hydrogen-bond donors (Lipinski definition) is 1. The Morgan fingerprint density at radius 1 is 0.586 bits per heavy atom. The Bertz CT molecular complexity index is 3200. The van der Waals surface area contributed by atoms with Gasteiger partial charge in [0.2, 0.25) is 0 Å². The Hall–Kier alpha value is -6.59. The van der Waals surface area contributed by atoms with E-state index in [4.69, 9.17) is 4.74 Å². The second kappa shape index (κ2) is 21.2. The van der Waals surface area contributed by atoms with E-state index in [1.54, 1.807) is 7.11 Å². The van der Waals surface area contributed by atoms with Gasteiger partial charge in [0.1, 0.15) is 0 Å². The fourth-order valence-electron chi connectivity index (χ4n) is 9.14. The van der Waals surface area contributed by atoms with Crippen molar-refractivity contribution in [3.8, 4) is 22.3 Å². The fraction of sp³-hybridized carbons (Fsp3) is 0.242. The number of ether oxygens (including phenoxy) is 1. The van der Waals surface area contributed by atoms with E-state index < -0.39 is 15.6 Å². The normalized spacial score (nSPS) is 12.5. The van der Waals surface area contributed by atoms with Gasteiger partial charge in [0.05, 0.1) is 11.3 Å². The summed E-state index contributed by atoms with van der Waals surface area (Å²) in [5, 5.41) is 9.02. The molecule has 0 amide bonds. The largest absolute Gasteiger partial charge is 0.374 e. The zero-order valence-electron chi connectivity index (χ0n) is 44.2. The van der Waals surface area contributed by atoms with Gasteiger partial charge in [-0.15, -0.1) is 0 Å². The molecule has 0 bridgehead atoms. The predicted molar refractivity (Wildman–Crippen MR) is 313 cm³/mol. The summed E-state index contributed by atoms with van der Waals surface area (Å²) >= 11 is 0. The van der Waals surface area contributed by atoms with Crippen LogP contribution in [0.2, 0.25) is 0 Å². The van der Waals surface area contributed by atoms with Gasteiger partial charge < -0.3 is 15.0 Å². The summed E-state index contributed by atoms with van der Waals surface area (Å²) in [4.78, 5) is 3.87. The molecule has 8 aromatic carbocycles. The number of nitrogens with one attached hydrogen (secondary N) is 1. The van der Waals surface area contributed by atoms with Gasteiger partial charge in [-0.05, 0) is 180 Å². The summed E-state index contributed by atoms with van der Waals surface area (Å²) in [5.41, 5.74) is 17.2. The maximum absolute atomic E-state index is 5.93.